The second kappa shape index (κ2) is 7.76. The Balaban J connectivity index is 1.63. The van der Waals surface area contributed by atoms with Gasteiger partial charge >= 0.3 is 5.97 Å². The van der Waals surface area contributed by atoms with Gasteiger partial charge in [-0.3, -0.25) is 4.79 Å². The lowest BCUT2D eigenvalue weighted by atomic mass is 9.41. The van der Waals surface area contributed by atoms with Crippen molar-refractivity contribution in [3.63, 3.8) is 0 Å². The molecule has 0 bridgehead atoms. The molecule has 10 atom stereocenters. The summed E-state index contributed by atoms with van der Waals surface area (Å²) in [6.45, 7) is 9.37. The van der Waals surface area contributed by atoms with E-state index in [1.165, 1.54) is 25.7 Å². The van der Waals surface area contributed by atoms with Gasteiger partial charge in [-0.2, -0.15) is 0 Å². The molecule has 4 aliphatic carbocycles. The maximum absolute atomic E-state index is 12.0. The first kappa shape index (κ1) is 22.6. The van der Waals surface area contributed by atoms with E-state index in [1.807, 2.05) is 0 Å². The molecule has 4 nitrogen and oxygen atoms in total. The molecule has 0 heterocycles. The van der Waals surface area contributed by atoms with Crippen LogP contribution in [0.4, 0.5) is 0 Å². The molecular formula is C26H44O4. The first-order chi connectivity index (χ1) is 14.0. The highest BCUT2D eigenvalue weighted by Gasteiger charge is 2.66. The van der Waals surface area contributed by atoms with E-state index in [-0.39, 0.29) is 23.4 Å². The summed E-state index contributed by atoms with van der Waals surface area (Å²) in [5, 5.41) is 31.5. The molecule has 0 aromatic carbocycles. The van der Waals surface area contributed by atoms with Crippen LogP contribution in [0, 0.1) is 46.3 Å². The topological polar surface area (TPSA) is 77.8 Å². The van der Waals surface area contributed by atoms with Gasteiger partial charge in [-0.15, -0.1) is 0 Å². The molecule has 0 amide bonds. The van der Waals surface area contributed by atoms with Gasteiger partial charge in [0.2, 0.25) is 0 Å². The number of hydrogen-bond acceptors (Lipinski definition) is 3. The average molecular weight is 421 g/mol. The Morgan fingerprint density at radius 2 is 1.73 bits per heavy atom. The van der Waals surface area contributed by atoms with E-state index in [4.69, 9.17) is 5.11 Å². The van der Waals surface area contributed by atoms with Crippen LogP contribution in [0.5, 0.6) is 0 Å². The van der Waals surface area contributed by atoms with Gasteiger partial charge in [0, 0.05) is 6.42 Å². The second-order valence-corrected chi connectivity index (χ2v) is 12.2. The predicted molar refractivity (Wildman–Crippen MR) is 118 cm³/mol. The van der Waals surface area contributed by atoms with E-state index in [1.54, 1.807) is 0 Å². The zero-order valence-electron chi connectivity index (χ0n) is 19.6. The Bertz CT molecular complexity index is 663. The minimum Gasteiger partial charge on any atom is -0.481 e. The van der Waals surface area contributed by atoms with Crippen molar-refractivity contribution in [2.75, 3.05) is 0 Å². The molecule has 30 heavy (non-hydrogen) atoms. The SMILES string of the molecule is CCC1(O)CC2CC(O)CC[C@]2(C)[C@H]2CC[C@]3(C)[C@@H]([C@H](C)CCC(=O)O)CC[C@H]3[C@@H]21. The van der Waals surface area contributed by atoms with Crippen molar-refractivity contribution in [1.82, 2.24) is 0 Å². The molecule has 0 radical (unpaired) electrons. The smallest absolute Gasteiger partial charge is 0.303 e. The lowest BCUT2D eigenvalue weighted by Gasteiger charge is -2.65. The summed E-state index contributed by atoms with van der Waals surface area (Å²) in [6.07, 6.45) is 10.1. The van der Waals surface area contributed by atoms with E-state index in [0.717, 1.165) is 38.5 Å². The summed E-state index contributed by atoms with van der Waals surface area (Å²) in [5.41, 5.74) is -0.142. The number of carboxylic acid groups (broad SMARTS) is 1. The summed E-state index contributed by atoms with van der Waals surface area (Å²) in [7, 11) is 0. The molecule has 4 aliphatic rings. The molecule has 4 heteroatoms. The summed E-state index contributed by atoms with van der Waals surface area (Å²) < 4.78 is 0. The minimum absolute atomic E-state index is 0.194. The number of aliphatic hydroxyl groups excluding tert-OH is 1. The lowest BCUT2D eigenvalue weighted by Crippen LogP contribution is -2.63. The number of aliphatic hydroxyl groups is 2. The van der Waals surface area contributed by atoms with E-state index in [2.05, 4.69) is 27.7 Å². The zero-order chi connectivity index (χ0) is 21.9. The van der Waals surface area contributed by atoms with Gasteiger partial charge in [-0.25, -0.2) is 0 Å². The third kappa shape index (κ3) is 3.36. The Labute approximate surface area is 182 Å². The molecule has 0 aromatic heterocycles. The quantitative estimate of drug-likeness (QED) is 0.567. The van der Waals surface area contributed by atoms with Crippen molar-refractivity contribution in [3.05, 3.63) is 0 Å². The summed E-state index contributed by atoms with van der Waals surface area (Å²) >= 11 is 0. The van der Waals surface area contributed by atoms with Crippen LogP contribution < -0.4 is 0 Å². The number of hydrogen-bond donors (Lipinski definition) is 3. The summed E-state index contributed by atoms with van der Waals surface area (Å²) in [6, 6.07) is 0. The highest BCUT2D eigenvalue weighted by atomic mass is 16.4. The Morgan fingerprint density at radius 1 is 1.07 bits per heavy atom. The van der Waals surface area contributed by atoms with Crippen molar-refractivity contribution in [2.45, 2.75) is 110 Å². The van der Waals surface area contributed by atoms with Gasteiger partial charge in [0.1, 0.15) is 0 Å². The van der Waals surface area contributed by atoms with Crippen LogP contribution in [0.25, 0.3) is 0 Å². The van der Waals surface area contributed by atoms with Gasteiger partial charge in [-0.05, 0) is 111 Å². The molecule has 4 rings (SSSR count). The minimum atomic E-state index is -0.684. The first-order valence-corrected chi connectivity index (χ1v) is 12.7. The van der Waals surface area contributed by atoms with E-state index in [0.29, 0.717) is 35.5 Å². The predicted octanol–water partition coefficient (Wildman–Crippen LogP) is 5.26. The number of rotatable bonds is 5. The first-order valence-electron chi connectivity index (χ1n) is 12.7. The average Bonchev–Trinajstić information content (AvgIpc) is 3.04. The van der Waals surface area contributed by atoms with Gasteiger partial charge < -0.3 is 15.3 Å². The third-order valence-corrected chi connectivity index (χ3v) is 11.0. The number of carboxylic acids is 1. The zero-order valence-corrected chi connectivity index (χ0v) is 19.6. The fourth-order valence-electron chi connectivity index (χ4n) is 9.30. The fraction of sp³-hybridized carbons (Fsp3) is 0.962. The molecule has 4 fully saturated rings. The molecule has 3 unspecified atom stereocenters. The summed E-state index contributed by atoms with van der Waals surface area (Å²) in [5.74, 6) is 2.21. The van der Waals surface area contributed by atoms with Crippen molar-refractivity contribution in [2.24, 2.45) is 46.3 Å². The van der Waals surface area contributed by atoms with E-state index in [9.17, 15) is 15.0 Å². The molecule has 172 valence electrons. The maximum atomic E-state index is 12.0. The molecule has 0 aromatic rings. The lowest BCUT2D eigenvalue weighted by molar-refractivity contribution is -0.220. The van der Waals surface area contributed by atoms with Crippen LogP contribution in [-0.2, 0) is 4.79 Å². The van der Waals surface area contributed by atoms with Crippen LogP contribution in [0.3, 0.4) is 0 Å². The molecule has 0 spiro atoms. The standard InChI is InChI=1S/C26H44O4/c1-5-26(30)15-17-14-18(27)10-12-24(17,3)21-11-13-25(4)19(7-8-20(25)23(21)26)16(2)6-9-22(28)29/h16-21,23,27,30H,5-15H2,1-4H3,(H,28,29)/t16-,17?,18?,19-,20+,21+,23+,24+,25-,26?/m1/s1. The Kier molecular flexibility index (Phi) is 5.84. The Morgan fingerprint density at radius 3 is 2.40 bits per heavy atom. The Hall–Kier alpha value is -0.610. The molecular weight excluding hydrogens is 376 g/mol. The van der Waals surface area contributed by atoms with Gasteiger partial charge in [0.05, 0.1) is 11.7 Å². The molecule has 0 aliphatic heterocycles. The van der Waals surface area contributed by atoms with E-state index < -0.39 is 11.6 Å². The highest BCUT2D eigenvalue weighted by Crippen LogP contribution is 2.70. The molecule has 3 N–H and O–H groups in total. The number of carbonyl (C=O) groups is 1. The van der Waals surface area contributed by atoms with Crippen LogP contribution in [0.1, 0.15) is 98.3 Å². The largest absolute Gasteiger partial charge is 0.481 e. The monoisotopic (exact) mass is 420 g/mol. The van der Waals surface area contributed by atoms with Crippen molar-refractivity contribution >= 4 is 5.97 Å². The third-order valence-electron chi connectivity index (χ3n) is 11.0. The maximum Gasteiger partial charge on any atom is 0.303 e. The normalized spacial score (nSPS) is 51.5. The molecule has 0 saturated heterocycles. The van der Waals surface area contributed by atoms with Gasteiger partial charge in [0.25, 0.3) is 0 Å². The van der Waals surface area contributed by atoms with E-state index >= 15 is 0 Å². The fourth-order valence-corrected chi connectivity index (χ4v) is 9.30. The van der Waals surface area contributed by atoms with Crippen molar-refractivity contribution < 1.29 is 20.1 Å². The second-order valence-electron chi connectivity index (χ2n) is 12.2. The van der Waals surface area contributed by atoms with Crippen molar-refractivity contribution in [1.29, 1.82) is 0 Å². The van der Waals surface area contributed by atoms with Crippen LogP contribution in [0.15, 0.2) is 0 Å². The van der Waals surface area contributed by atoms with Gasteiger partial charge in [-0.1, -0.05) is 27.7 Å². The van der Waals surface area contributed by atoms with Crippen LogP contribution in [0.2, 0.25) is 0 Å². The summed E-state index contributed by atoms with van der Waals surface area (Å²) in [4.78, 5) is 11.1. The number of fused-ring (bicyclic) bond motifs is 5. The molecule has 4 saturated carbocycles. The van der Waals surface area contributed by atoms with Crippen molar-refractivity contribution in [3.8, 4) is 0 Å². The van der Waals surface area contributed by atoms with Crippen LogP contribution in [-0.4, -0.2) is 33.0 Å². The van der Waals surface area contributed by atoms with Crippen LogP contribution >= 0.6 is 0 Å². The highest BCUT2D eigenvalue weighted by molar-refractivity contribution is 5.66. The number of aliphatic carboxylic acids is 1. The van der Waals surface area contributed by atoms with Gasteiger partial charge in [0.15, 0.2) is 0 Å².